The third-order valence-corrected chi connectivity index (χ3v) is 4.47. The molecule has 2 aromatic carbocycles. The summed E-state index contributed by atoms with van der Waals surface area (Å²) in [4.78, 5) is 29.3. The minimum atomic E-state index is -0.428. The molecule has 0 aliphatic carbocycles. The molecule has 0 unspecified atom stereocenters. The van der Waals surface area contributed by atoms with Gasteiger partial charge in [-0.25, -0.2) is 4.98 Å². The third-order valence-electron chi connectivity index (χ3n) is 3.52. The molecule has 0 atom stereocenters. The van der Waals surface area contributed by atoms with Gasteiger partial charge in [0.05, 0.1) is 10.6 Å². The highest BCUT2D eigenvalue weighted by Crippen LogP contribution is 2.21. The molecule has 0 spiro atoms. The second-order valence-corrected chi connectivity index (χ2v) is 6.38. The van der Waals surface area contributed by atoms with Gasteiger partial charge in [0.2, 0.25) is 0 Å². The number of H-pyrrole nitrogens is 1. The Labute approximate surface area is 148 Å². The second-order valence-electron chi connectivity index (χ2n) is 5.42. The number of thioether (sulfide) groups is 1. The van der Waals surface area contributed by atoms with Crippen molar-refractivity contribution in [2.75, 3.05) is 0 Å². The van der Waals surface area contributed by atoms with E-state index in [0.29, 0.717) is 23.0 Å². The van der Waals surface area contributed by atoms with Crippen LogP contribution in [0, 0.1) is 10.1 Å². The molecule has 3 aromatic rings. The summed E-state index contributed by atoms with van der Waals surface area (Å²) < 4.78 is 0. The van der Waals surface area contributed by atoms with E-state index >= 15 is 0 Å². The van der Waals surface area contributed by atoms with Crippen LogP contribution < -0.4 is 5.56 Å². The van der Waals surface area contributed by atoms with Gasteiger partial charge in [0, 0.05) is 30.4 Å². The standard InChI is InChI=1S/C18H15N3O3S/c22-17-11-15(10-13-4-2-1-3-5-13)19-18(20-17)25-12-14-6-8-16(9-7-14)21(23)24/h1-9,11H,10,12H2,(H,19,20,22). The van der Waals surface area contributed by atoms with Gasteiger partial charge in [-0.2, -0.15) is 0 Å². The van der Waals surface area contributed by atoms with E-state index < -0.39 is 4.92 Å². The van der Waals surface area contributed by atoms with Crippen molar-refractivity contribution < 1.29 is 4.92 Å². The quantitative estimate of drug-likeness (QED) is 0.317. The molecule has 0 amide bonds. The predicted molar refractivity (Wildman–Crippen MR) is 96.8 cm³/mol. The normalized spacial score (nSPS) is 10.6. The molecule has 0 saturated carbocycles. The Hall–Kier alpha value is -2.93. The predicted octanol–water partition coefficient (Wildman–Crippen LogP) is 3.56. The molecule has 1 heterocycles. The number of benzene rings is 2. The molecule has 0 aliphatic heterocycles. The van der Waals surface area contributed by atoms with E-state index in [9.17, 15) is 14.9 Å². The molecule has 1 aromatic heterocycles. The van der Waals surface area contributed by atoms with Crippen molar-refractivity contribution in [1.82, 2.24) is 9.97 Å². The number of aromatic amines is 1. The zero-order chi connectivity index (χ0) is 17.6. The molecule has 126 valence electrons. The van der Waals surface area contributed by atoms with Gasteiger partial charge in [-0.3, -0.25) is 14.9 Å². The Kier molecular flexibility index (Phi) is 5.25. The summed E-state index contributed by atoms with van der Waals surface area (Å²) in [7, 11) is 0. The number of hydrogen-bond donors (Lipinski definition) is 1. The van der Waals surface area contributed by atoms with Crippen LogP contribution >= 0.6 is 11.8 Å². The topological polar surface area (TPSA) is 88.9 Å². The van der Waals surface area contributed by atoms with E-state index in [1.54, 1.807) is 12.1 Å². The van der Waals surface area contributed by atoms with Crippen LogP contribution in [0.2, 0.25) is 0 Å². The van der Waals surface area contributed by atoms with Gasteiger partial charge < -0.3 is 4.98 Å². The number of nitrogens with zero attached hydrogens (tertiary/aromatic N) is 2. The Balaban J connectivity index is 1.70. The summed E-state index contributed by atoms with van der Waals surface area (Å²) in [6.07, 6.45) is 0.593. The fraction of sp³-hybridized carbons (Fsp3) is 0.111. The lowest BCUT2D eigenvalue weighted by Gasteiger charge is -2.05. The van der Waals surface area contributed by atoms with E-state index in [0.717, 1.165) is 11.1 Å². The molecule has 6 nitrogen and oxygen atoms in total. The van der Waals surface area contributed by atoms with E-state index in [2.05, 4.69) is 9.97 Å². The minimum absolute atomic E-state index is 0.0603. The van der Waals surface area contributed by atoms with Crippen LogP contribution in [0.1, 0.15) is 16.8 Å². The lowest BCUT2D eigenvalue weighted by atomic mass is 10.1. The average Bonchev–Trinajstić information content (AvgIpc) is 2.61. The summed E-state index contributed by atoms with van der Waals surface area (Å²) in [5.41, 5.74) is 2.59. The number of aromatic nitrogens is 2. The molecule has 0 fully saturated rings. The average molecular weight is 353 g/mol. The monoisotopic (exact) mass is 353 g/mol. The van der Waals surface area contributed by atoms with Crippen LogP contribution in [0.15, 0.2) is 70.6 Å². The number of nitrogens with one attached hydrogen (secondary N) is 1. The SMILES string of the molecule is O=c1cc(Cc2ccccc2)nc(SCc2ccc([N+](=O)[O-])cc2)[nH]1. The summed E-state index contributed by atoms with van der Waals surface area (Å²) in [6, 6.07) is 17.7. The van der Waals surface area contributed by atoms with Crippen molar-refractivity contribution in [1.29, 1.82) is 0 Å². The minimum Gasteiger partial charge on any atom is -0.301 e. The first-order valence-electron chi connectivity index (χ1n) is 7.60. The zero-order valence-corrected chi connectivity index (χ0v) is 14.0. The largest absolute Gasteiger partial charge is 0.301 e. The van der Waals surface area contributed by atoms with Crippen molar-refractivity contribution in [3.8, 4) is 0 Å². The van der Waals surface area contributed by atoms with Gasteiger partial charge in [0.15, 0.2) is 5.16 Å². The highest BCUT2D eigenvalue weighted by Gasteiger charge is 2.06. The molecule has 0 aliphatic rings. The highest BCUT2D eigenvalue weighted by atomic mass is 32.2. The summed E-state index contributed by atoms with van der Waals surface area (Å²) in [5.74, 6) is 0.565. The Bertz CT molecular complexity index is 924. The lowest BCUT2D eigenvalue weighted by molar-refractivity contribution is -0.384. The lowest BCUT2D eigenvalue weighted by Crippen LogP contribution is -2.10. The van der Waals surface area contributed by atoms with Crippen LogP contribution in [0.4, 0.5) is 5.69 Å². The van der Waals surface area contributed by atoms with Gasteiger partial charge in [-0.1, -0.05) is 54.2 Å². The van der Waals surface area contributed by atoms with Gasteiger partial charge in [-0.15, -0.1) is 0 Å². The van der Waals surface area contributed by atoms with Crippen molar-refractivity contribution in [3.05, 3.63) is 98.0 Å². The van der Waals surface area contributed by atoms with Crippen LogP contribution in [0.25, 0.3) is 0 Å². The number of hydrogen-bond acceptors (Lipinski definition) is 5. The molecule has 0 bridgehead atoms. The van der Waals surface area contributed by atoms with Crippen molar-refractivity contribution >= 4 is 17.4 Å². The highest BCUT2D eigenvalue weighted by molar-refractivity contribution is 7.98. The molecule has 7 heteroatoms. The first-order chi connectivity index (χ1) is 12.1. The molecule has 25 heavy (non-hydrogen) atoms. The smallest absolute Gasteiger partial charge is 0.269 e. The van der Waals surface area contributed by atoms with Gasteiger partial charge in [-0.05, 0) is 11.1 Å². The second kappa shape index (κ2) is 7.76. The van der Waals surface area contributed by atoms with Crippen LogP contribution in [-0.2, 0) is 12.2 Å². The number of nitro benzene ring substituents is 1. The van der Waals surface area contributed by atoms with Gasteiger partial charge in [0.25, 0.3) is 11.2 Å². The fourth-order valence-electron chi connectivity index (χ4n) is 2.31. The van der Waals surface area contributed by atoms with E-state index in [-0.39, 0.29) is 11.2 Å². The summed E-state index contributed by atoms with van der Waals surface area (Å²) in [5, 5.41) is 11.2. The van der Waals surface area contributed by atoms with E-state index in [4.69, 9.17) is 0 Å². The first-order valence-corrected chi connectivity index (χ1v) is 8.59. The molecule has 0 radical (unpaired) electrons. The van der Waals surface area contributed by atoms with Crippen molar-refractivity contribution in [2.24, 2.45) is 0 Å². The van der Waals surface area contributed by atoms with Crippen LogP contribution in [0.5, 0.6) is 0 Å². The van der Waals surface area contributed by atoms with E-state index in [1.807, 2.05) is 30.3 Å². The number of rotatable bonds is 6. The maximum absolute atomic E-state index is 11.8. The maximum Gasteiger partial charge on any atom is 0.269 e. The van der Waals surface area contributed by atoms with E-state index in [1.165, 1.54) is 30.0 Å². The number of nitro groups is 1. The molecule has 3 rings (SSSR count). The molecular formula is C18H15N3O3S. The van der Waals surface area contributed by atoms with Crippen molar-refractivity contribution in [3.63, 3.8) is 0 Å². The summed E-state index contributed by atoms with van der Waals surface area (Å²) in [6.45, 7) is 0. The number of non-ortho nitro benzene ring substituents is 1. The molecule has 0 saturated heterocycles. The van der Waals surface area contributed by atoms with Gasteiger partial charge >= 0.3 is 0 Å². The maximum atomic E-state index is 11.8. The van der Waals surface area contributed by atoms with Crippen LogP contribution in [-0.4, -0.2) is 14.9 Å². The Morgan fingerprint density at radius 3 is 2.44 bits per heavy atom. The first kappa shape index (κ1) is 16.9. The molecular weight excluding hydrogens is 338 g/mol. The third kappa shape index (κ3) is 4.77. The van der Waals surface area contributed by atoms with Crippen LogP contribution in [0.3, 0.4) is 0 Å². The van der Waals surface area contributed by atoms with Gasteiger partial charge in [0.1, 0.15) is 0 Å². The fourth-order valence-corrected chi connectivity index (χ4v) is 3.16. The zero-order valence-electron chi connectivity index (χ0n) is 13.2. The van der Waals surface area contributed by atoms with Crippen molar-refractivity contribution in [2.45, 2.75) is 17.3 Å². The Morgan fingerprint density at radius 1 is 1.04 bits per heavy atom. The summed E-state index contributed by atoms with van der Waals surface area (Å²) >= 11 is 1.39. The molecule has 1 N–H and O–H groups in total. The Morgan fingerprint density at radius 2 is 1.76 bits per heavy atom.